The molecule has 2 aromatic heterocycles. The Labute approximate surface area is 271 Å². The van der Waals surface area contributed by atoms with Gasteiger partial charge in [0, 0.05) is 48.9 Å². The highest BCUT2D eigenvalue weighted by molar-refractivity contribution is 7.23. The standard InChI is InChI=1S/C32H28ClF3N8OS/c33-21-10-19-26(25(36)24(21)18-2-3-22(35)27-23(18)20(12-37)28(39)46-27)40-30(45-15-32-4-1-7-43(32)13-17(34)11-32)41-29(19)42-8-5-31(14-42)6-9-44(31)16-38/h2-3,10,17H,1,4-9,11,13-15,39H2/t17-,31?,32+/m1/s1. The molecular weight excluding hydrogens is 637 g/mol. The molecule has 2 aromatic carbocycles. The lowest BCUT2D eigenvalue weighted by molar-refractivity contribution is 0.0633. The van der Waals surface area contributed by atoms with Crippen LogP contribution in [0.5, 0.6) is 6.01 Å². The van der Waals surface area contributed by atoms with Crippen molar-refractivity contribution in [2.75, 3.05) is 50.0 Å². The van der Waals surface area contributed by atoms with Crippen molar-refractivity contribution in [3.63, 3.8) is 0 Å². The van der Waals surface area contributed by atoms with Gasteiger partial charge in [-0.3, -0.25) is 4.90 Å². The van der Waals surface area contributed by atoms with Crippen molar-refractivity contribution in [1.82, 2.24) is 19.8 Å². The molecule has 0 amide bonds. The number of ether oxygens (including phenoxy) is 1. The number of nitrogen functional groups attached to an aromatic ring is 1. The molecule has 0 bridgehead atoms. The highest BCUT2D eigenvalue weighted by Crippen LogP contribution is 2.47. The second-order valence-electron chi connectivity index (χ2n) is 12.8. The van der Waals surface area contributed by atoms with Crippen LogP contribution in [0.3, 0.4) is 0 Å². The summed E-state index contributed by atoms with van der Waals surface area (Å²) >= 11 is 7.74. The van der Waals surface area contributed by atoms with Crippen molar-refractivity contribution < 1.29 is 17.9 Å². The minimum Gasteiger partial charge on any atom is -0.461 e. The second kappa shape index (κ2) is 10.5. The van der Waals surface area contributed by atoms with Gasteiger partial charge < -0.3 is 20.3 Å². The third-order valence-corrected chi connectivity index (χ3v) is 11.7. The van der Waals surface area contributed by atoms with Gasteiger partial charge in [-0.25, -0.2) is 13.2 Å². The number of nitrogens with zero attached hydrogens (tertiary/aromatic N) is 7. The molecule has 4 aliphatic rings. The monoisotopic (exact) mass is 664 g/mol. The number of hydrogen-bond acceptors (Lipinski definition) is 10. The molecule has 6 heterocycles. The fraction of sp³-hybridized carbons (Fsp3) is 0.438. The fourth-order valence-corrected chi connectivity index (χ4v) is 9.27. The molecular formula is C32H28ClF3N8OS. The lowest BCUT2D eigenvalue weighted by Crippen LogP contribution is -2.58. The number of aromatic nitrogens is 2. The van der Waals surface area contributed by atoms with Crippen LogP contribution in [-0.4, -0.2) is 76.3 Å². The number of alkyl halides is 1. The lowest BCUT2D eigenvalue weighted by Gasteiger charge is -2.47. The minimum atomic E-state index is -0.942. The number of thiophene rings is 1. The second-order valence-corrected chi connectivity index (χ2v) is 14.2. The highest BCUT2D eigenvalue weighted by Gasteiger charge is 2.51. The van der Waals surface area contributed by atoms with Gasteiger partial charge in [0.05, 0.1) is 26.4 Å². The lowest BCUT2D eigenvalue weighted by atomic mass is 9.84. The molecule has 1 spiro atoms. The molecule has 8 rings (SSSR count). The Kier molecular flexibility index (Phi) is 6.70. The van der Waals surface area contributed by atoms with E-state index in [1.165, 1.54) is 12.1 Å². The molecule has 2 N–H and O–H groups in total. The molecule has 0 saturated carbocycles. The smallest absolute Gasteiger partial charge is 0.319 e. The van der Waals surface area contributed by atoms with Crippen LogP contribution < -0.4 is 15.4 Å². The number of halogens is 4. The quantitative estimate of drug-likeness (QED) is 0.257. The van der Waals surface area contributed by atoms with Gasteiger partial charge in [-0.2, -0.15) is 20.5 Å². The summed E-state index contributed by atoms with van der Waals surface area (Å²) in [4.78, 5) is 15.2. The summed E-state index contributed by atoms with van der Waals surface area (Å²) < 4.78 is 52.6. The molecule has 0 radical (unpaired) electrons. The van der Waals surface area contributed by atoms with Crippen molar-refractivity contribution in [1.29, 1.82) is 10.5 Å². The van der Waals surface area contributed by atoms with E-state index in [-0.39, 0.29) is 60.5 Å². The van der Waals surface area contributed by atoms with Gasteiger partial charge >= 0.3 is 6.01 Å². The number of rotatable bonds is 5. The molecule has 3 atom stereocenters. The van der Waals surface area contributed by atoms with E-state index < -0.39 is 23.3 Å². The summed E-state index contributed by atoms with van der Waals surface area (Å²) in [5.74, 6) is -0.937. The molecule has 46 heavy (non-hydrogen) atoms. The zero-order valence-corrected chi connectivity index (χ0v) is 26.2. The predicted octanol–water partition coefficient (Wildman–Crippen LogP) is 5.99. The van der Waals surface area contributed by atoms with Gasteiger partial charge in [-0.05, 0) is 49.9 Å². The van der Waals surface area contributed by atoms with Crippen LogP contribution in [0.4, 0.5) is 24.0 Å². The average Bonchev–Trinajstić information content (AvgIpc) is 3.78. The first-order valence-corrected chi connectivity index (χ1v) is 16.4. The summed E-state index contributed by atoms with van der Waals surface area (Å²) in [6.07, 6.45) is 5.00. The first-order chi connectivity index (χ1) is 22.2. The Hall–Kier alpha value is -4.04. The van der Waals surface area contributed by atoms with Crippen molar-refractivity contribution in [2.24, 2.45) is 0 Å². The Bertz CT molecular complexity index is 2030. The van der Waals surface area contributed by atoms with E-state index in [2.05, 4.69) is 16.1 Å². The zero-order chi connectivity index (χ0) is 32.0. The molecule has 4 saturated heterocycles. The van der Waals surface area contributed by atoms with Gasteiger partial charge in [-0.1, -0.05) is 17.7 Å². The Morgan fingerprint density at radius 3 is 2.74 bits per heavy atom. The maximum atomic E-state index is 16.9. The van der Waals surface area contributed by atoms with Crippen LogP contribution in [0.1, 0.15) is 37.7 Å². The maximum Gasteiger partial charge on any atom is 0.319 e. The third-order valence-electron chi connectivity index (χ3n) is 10.4. The van der Waals surface area contributed by atoms with Gasteiger partial charge in [-0.15, -0.1) is 11.3 Å². The molecule has 9 nitrogen and oxygen atoms in total. The third kappa shape index (κ3) is 4.21. The number of hydrogen-bond donors (Lipinski definition) is 1. The van der Waals surface area contributed by atoms with Crippen LogP contribution in [0.25, 0.3) is 32.1 Å². The minimum absolute atomic E-state index is 0.0294. The van der Waals surface area contributed by atoms with Crippen LogP contribution in [-0.2, 0) is 0 Å². The average molecular weight is 665 g/mol. The van der Waals surface area contributed by atoms with Gasteiger partial charge in [0.1, 0.15) is 41.0 Å². The van der Waals surface area contributed by atoms with Crippen LogP contribution in [0.2, 0.25) is 5.02 Å². The highest BCUT2D eigenvalue weighted by atomic mass is 35.5. The maximum absolute atomic E-state index is 16.9. The summed E-state index contributed by atoms with van der Waals surface area (Å²) in [6.45, 7) is 3.07. The number of nitriles is 2. The van der Waals surface area contributed by atoms with E-state index >= 15 is 4.39 Å². The van der Waals surface area contributed by atoms with Crippen molar-refractivity contribution in [2.45, 2.75) is 49.4 Å². The summed E-state index contributed by atoms with van der Waals surface area (Å²) in [6, 6.07) is 6.14. The Morgan fingerprint density at radius 1 is 1.15 bits per heavy atom. The normalized spacial score (nSPS) is 25.7. The van der Waals surface area contributed by atoms with Gasteiger partial charge in [0.15, 0.2) is 12.0 Å². The molecule has 4 aliphatic heterocycles. The molecule has 0 aliphatic carbocycles. The molecule has 4 aromatic rings. The van der Waals surface area contributed by atoms with Crippen LogP contribution in [0.15, 0.2) is 18.2 Å². The number of benzene rings is 2. The van der Waals surface area contributed by atoms with Gasteiger partial charge in [0.25, 0.3) is 0 Å². The van der Waals surface area contributed by atoms with Crippen LogP contribution in [0, 0.1) is 34.4 Å². The predicted molar refractivity (Wildman–Crippen MR) is 169 cm³/mol. The fourth-order valence-electron chi connectivity index (χ4n) is 8.03. The first kappa shape index (κ1) is 29.4. The van der Waals surface area contributed by atoms with E-state index in [0.717, 1.165) is 43.6 Å². The number of nitrogens with two attached hydrogens (primary N) is 1. The first-order valence-electron chi connectivity index (χ1n) is 15.2. The van der Waals surface area contributed by atoms with Crippen molar-refractivity contribution in [3.05, 3.63) is 40.4 Å². The Morgan fingerprint density at radius 2 is 1.98 bits per heavy atom. The van der Waals surface area contributed by atoms with E-state index in [1.54, 1.807) is 11.0 Å². The SMILES string of the molecule is N#Cc1c(N)sc2c(F)ccc(-c3c(Cl)cc4c(N5CCC6(CCN6C#N)C5)nc(OC[C@@]56CCCN5C[C@H](F)C6)nc4c3F)c12. The van der Waals surface area contributed by atoms with E-state index in [1.807, 2.05) is 11.0 Å². The number of anilines is 2. The Balaban J connectivity index is 1.28. The summed E-state index contributed by atoms with van der Waals surface area (Å²) in [5, 5.41) is 20.2. The molecule has 14 heteroatoms. The van der Waals surface area contributed by atoms with Gasteiger partial charge in [0.2, 0.25) is 0 Å². The summed E-state index contributed by atoms with van der Waals surface area (Å²) in [5.41, 5.74) is 5.43. The van der Waals surface area contributed by atoms with Crippen molar-refractivity contribution >= 4 is 54.7 Å². The topological polar surface area (TPSA) is 118 Å². The zero-order valence-electron chi connectivity index (χ0n) is 24.6. The largest absolute Gasteiger partial charge is 0.461 e. The van der Waals surface area contributed by atoms with Crippen LogP contribution >= 0.6 is 22.9 Å². The molecule has 236 valence electrons. The molecule has 4 fully saturated rings. The number of fused-ring (bicyclic) bond motifs is 3. The van der Waals surface area contributed by atoms with E-state index in [0.29, 0.717) is 43.8 Å². The van der Waals surface area contributed by atoms with E-state index in [4.69, 9.17) is 27.1 Å². The number of likely N-dealkylation sites (tertiary alicyclic amines) is 1. The summed E-state index contributed by atoms with van der Waals surface area (Å²) in [7, 11) is 0. The van der Waals surface area contributed by atoms with E-state index in [9.17, 15) is 19.3 Å². The van der Waals surface area contributed by atoms with Crippen molar-refractivity contribution in [3.8, 4) is 29.4 Å². The molecule has 1 unspecified atom stereocenters.